The molecule has 0 aromatic heterocycles. The van der Waals surface area contributed by atoms with Crippen LogP contribution in [0.4, 0.5) is 9.59 Å². The molecule has 0 rings (SSSR count). The molecule has 0 fully saturated rings. The molecule has 0 aromatic carbocycles. The van der Waals surface area contributed by atoms with Gasteiger partial charge >= 0.3 is 12.2 Å². The van der Waals surface area contributed by atoms with E-state index in [-0.39, 0.29) is 6.54 Å². The monoisotopic (exact) mass is 297 g/mol. The van der Waals surface area contributed by atoms with Gasteiger partial charge in [0.15, 0.2) is 0 Å². The average molecular weight is 297 g/mol. The molecule has 2 amide bonds. The summed E-state index contributed by atoms with van der Waals surface area (Å²) in [6.07, 6.45) is 5.66. The Bertz CT molecular complexity index is 383. The summed E-state index contributed by atoms with van der Waals surface area (Å²) in [7, 11) is 0. The molecule has 0 heterocycles. The van der Waals surface area contributed by atoms with Crippen molar-refractivity contribution in [1.82, 2.24) is 4.90 Å². The van der Waals surface area contributed by atoms with Crippen molar-refractivity contribution in [3.05, 3.63) is 24.3 Å². The topological polar surface area (TPSA) is 55.8 Å². The van der Waals surface area contributed by atoms with E-state index in [0.717, 1.165) is 4.90 Å². The van der Waals surface area contributed by atoms with Gasteiger partial charge in [0, 0.05) is 0 Å². The number of rotatable bonds is 3. The summed E-state index contributed by atoms with van der Waals surface area (Å²) in [5.41, 5.74) is -1.35. The third kappa shape index (κ3) is 9.71. The van der Waals surface area contributed by atoms with Crippen molar-refractivity contribution in [2.75, 3.05) is 6.54 Å². The first-order valence-electron chi connectivity index (χ1n) is 6.97. The van der Waals surface area contributed by atoms with E-state index in [4.69, 9.17) is 9.47 Å². The van der Waals surface area contributed by atoms with Crippen molar-refractivity contribution in [2.45, 2.75) is 59.7 Å². The number of hydrogen-bond acceptors (Lipinski definition) is 4. The van der Waals surface area contributed by atoms with Crippen LogP contribution in [0.5, 0.6) is 0 Å². The smallest absolute Gasteiger partial charge is 0.420 e. The van der Waals surface area contributed by atoms with Gasteiger partial charge in [-0.2, -0.15) is 0 Å². The lowest BCUT2D eigenvalue weighted by Crippen LogP contribution is -2.43. The predicted molar refractivity (Wildman–Crippen MR) is 83.1 cm³/mol. The van der Waals surface area contributed by atoms with Crippen LogP contribution in [0.25, 0.3) is 0 Å². The van der Waals surface area contributed by atoms with Gasteiger partial charge in [0.1, 0.15) is 11.2 Å². The Labute approximate surface area is 127 Å². The first-order chi connectivity index (χ1) is 9.46. The Morgan fingerprint density at radius 2 is 1.33 bits per heavy atom. The lowest BCUT2D eigenvalue weighted by Gasteiger charge is -2.28. The number of nitrogens with zero attached hydrogens (tertiary/aromatic N) is 1. The molecule has 0 radical (unpaired) electrons. The SMILES string of the molecule is C/C=C/C=C\CN(C(=O)OC(C)(C)C)C(=O)OC(C)(C)C. The minimum atomic E-state index is -0.720. The summed E-state index contributed by atoms with van der Waals surface area (Å²) in [6, 6.07) is 0. The summed E-state index contributed by atoms with van der Waals surface area (Å²) in [4.78, 5) is 25.1. The van der Waals surface area contributed by atoms with Crippen molar-refractivity contribution in [3.8, 4) is 0 Å². The molecule has 5 heteroatoms. The number of allylic oxidation sites excluding steroid dienone is 3. The van der Waals surface area contributed by atoms with Gasteiger partial charge in [-0.25, -0.2) is 14.5 Å². The fourth-order valence-corrected chi connectivity index (χ4v) is 1.21. The molecule has 0 atom stereocenters. The molecule has 0 saturated carbocycles. The van der Waals surface area contributed by atoms with Gasteiger partial charge in [0.25, 0.3) is 0 Å². The zero-order valence-electron chi connectivity index (χ0n) is 14.1. The fourth-order valence-electron chi connectivity index (χ4n) is 1.21. The molecular weight excluding hydrogens is 270 g/mol. The number of ether oxygens (including phenoxy) is 2. The highest BCUT2D eigenvalue weighted by Gasteiger charge is 2.30. The summed E-state index contributed by atoms with van der Waals surface area (Å²) < 4.78 is 10.5. The third-order valence-electron chi connectivity index (χ3n) is 1.96. The van der Waals surface area contributed by atoms with Crippen LogP contribution in [0.15, 0.2) is 24.3 Å². The molecule has 0 N–H and O–H groups in total. The van der Waals surface area contributed by atoms with Gasteiger partial charge < -0.3 is 9.47 Å². The number of hydrogen-bond donors (Lipinski definition) is 0. The number of imide groups is 1. The summed E-state index contributed by atoms with van der Waals surface area (Å²) in [5.74, 6) is 0. The third-order valence-corrected chi connectivity index (χ3v) is 1.96. The molecule has 0 aliphatic rings. The summed E-state index contributed by atoms with van der Waals surface area (Å²) >= 11 is 0. The van der Waals surface area contributed by atoms with Crippen molar-refractivity contribution < 1.29 is 19.1 Å². The highest BCUT2D eigenvalue weighted by Crippen LogP contribution is 2.14. The molecule has 0 aromatic rings. The maximum Gasteiger partial charge on any atom is 0.420 e. The maximum absolute atomic E-state index is 12.1. The quantitative estimate of drug-likeness (QED) is 0.729. The highest BCUT2D eigenvalue weighted by molar-refractivity contribution is 5.88. The van der Waals surface area contributed by atoms with E-state index in [9.17, 15) is 9.59 Å². The first kappa shape index (κ1) is 19.2. The van der Waals surface area contributed by atoms with Crippen molar-refractivity contribution in [3.63, 3.8) is 0 Å². The largest absolute Gasteiger partial charge is 0.443 e. The van der Waals surface area contributed by atoms with Gasteiger partial charge in [0.2, 0.25) is 0 Å². The summed E-state index contributed by atoms with van der Waals surface area (Å²) in [5, 5.41) is 0. The number of amides is 2. The van der Waals surface area contributed by atoms with Crippen molar-refractivity contribution in [2.24, 2.45) is 0 Å². The van der Waals surface area contributed by atoms with E-state index in [1.165, 1.54) is 0 Å². The molecule has 21 heavy (non-hydrogen) atoms. The predicted octanol–water partition coefficient (Wildman–Crippen LogP) is 4.29. The van der Waals surface area contributed by atoms with Crippen LogP contribution in [0.2, 0.25) is 0 Å². The van der Waals surface area contributed by atoms with Crippen LogP contribution in [0, 0.1) is 0 Å². The Kier molecular flexibility index (Phi) is 7.19. The molecule has 120 valence electrons. The number of carbonyl (C=O) groups excluding carboxylic acids is 2. The Hall–Kier alpha value is -1.78. The minimum absolute atomic E-state index is 0.0914. The Morgan fingerprint density at radius 1 is 0.905 bits per heavy atom. The van der Waals surface area contributed by atoms with Gasteiger partial charge in [0.05, 0.1) is 6.54 Å². The maximum atomic E-state index is 12.1. The van der Waals surface area contributed by atoms with Gasteiger partial charge in [-0.3, -0.25) is 0 Å². The van der Waals surface area contributed by atoms with Crippen LogP contribution in [-0.2, 0) is 9.47 Å². The van der Waals surface area contributed by atoms with E-state index >= 15 is 0 Å². The second-order valence-corrected chi connectivity index (χ2v) is 6.53. The zero-order valence-corrected chi connectivity index (χ0v) is 14.1. The van der Waals surface area contributed by atoms with Crippen molar-refractivity contribution in [1.29, 1.82) is 0 Å². The molecule has 0 aliphatic heterocycles. The Morgan fingerprint density at radius 3 is 1.67 bits per heavy atom. The second kappa shape index (κ2) is 7.86. The molecule has 0 unspecified atom stereocenters. The average Bonchev–Trinajstić information content (AvgIpc) is 2.23. The fraction of sp³-hybridized carbons (Fsp3) is 0.625. The van der Waals surface area contributed by atoms with E-state index in [1.54, 1.807) is 53.7 Å². The highest BCUT2D eigenvalue weighted by atomic mass is 16.6. The van der Waals surface area contributed by atoms with E-state index in [0.29, 0.717) is 0 Å². The van der Waals surface area contributed by atoms with Crippen LogP contribution in [0.3, 0.4) is 0 Å². The molecule has 5 nitrogen and oxygen atoms in total. The minimum Gasteiger partial charge on any atom is -0.443 e. The lowest BCUT2D eigenvalue weighted by molar-refractivity contribution is 0.00374. The van der Waals surface area contributed by atoms with Crippen LogP contribution >= 0.6 is 0 Å². The summed E-state index contributed by atoms with van der Waals surface area (Å²) in [6.45, 7) is 12.4. The molecule has 0 saturated heterocycles. The van der Waals surface area contributed by atoms with Gasteiger partial charge in [-0.15, -0.1) is 0 Å². The van der Waals surface area contributed by atoms with Gasteiger partial charge in [-0.05, 0) is 48.5 Å². The van der Waals surface area contributed by atoms with Crippen LogP contribution < -0.4 is 0 Å². The van der Waals surface area contributed by atoms with E-state index in [1.807, 2.05) is 19.1 Å². The second-order valence-electron chi connectivity index (χ2n) is 6.53. The van der Waals surface area contributed by atoms with E-state index in [2.05, 4.69) is 0 Å². The molecule has 0 spiro atoms. The molecular formula is C16H27NO4. The molecule has 0 aliphatic carbocycles. The lowest BCUT2D eigenvalue weighted by atomic mass is 10.2. The van der Waals surface area contributed by atoms with Crippen LogP contribution in [0.1, 0.15) is 48.5 Å². The van der Waals surface area contributed by atoms with Gasteiger partial charge in [-0.1, -0.05) is 24.3 Å². The zero-order chi connectivity index (χ0) is 16.7. The van der Waals surface area contributed by atoms with Crippen molar-refractivity contribution >= 4 is 12.2 Å². The number of carbonyl (C=O) groups is 2. The standard InChI is InChI=1S/C16H27NO4/c1-8-9-10-11-12-17(13(18)20-15(2,3)4)14(19)21-16(5,6)7/h8-11H,12H2,1-7H3/b9-8+,11-10-. The van der Waals surface area contributed by atoms with E-state index < -0.39 is 23.4 Å². The molecule has 0 bridgehead atoms. The van der Waals surface area contributed by atoms with Crippen LogP contribution in [-0.4, -0.2) is 34.8 Å². The Balaban J connectivity index is 5.00. The first-order valence-corrected chi connectivity index (χ1v) is 6.97. The normalized spacial score (nSPS) is 12.7.